The molecule has 1 heterocycles. The van der Waals surface area contributed by atoms with Crippen molar-refractivity contribution in [3.8, 4) is 0 Å². The second kappa shape index (κ2) is 2.88. The van der Waals surface area contributed by atoms with Crippen LogP contribution in [0.15, 0.2) is 6.20 Å². The van der Waals surface area contributed by atoms with E-state index in [1.54, 1.807) is 0 Å². The molecule has 2 rings (SSSR count). The molecule has 1 aromatic heterocycles. The van der Waals surface area contributed by atoms with Gasteiger partial charge in [0.2, 0.25) is 0 Å². The maximum atomic E-state index is 4.10. The van der Waals surface area contributed by atoms with Gasteiger partial charge < -0.3 is 0 Å². The molecule has 0 aromatic carbocycles. The van der Waals surface area contributed by atoms with Crippen molar-refractivity contribution in [2.45, 2.75) is 32.6 Å². The smallest absolute Gasteiger partial charge is 0.0855 e. The van der Waals surface area contributed by atoms with Crippen molar-refractivity contribution in [3.63, 3.8) is 0 Å². The molecule has 66 valence electrons. The first-order valence-corrected chi connectivity index (χ1v) is 4.63. The summed E-state index contributed by atoms with van der Waals surface area (Å²) < 4.78 is 0. The van der Waals surface area contributed by atoms with Crippen LogP contribution in [0.1, 0.15) is 38.3 Å². The molecule has 1 saturated carbocycles. The minimum Gasteiger partial charge on any atom is -0.198 e. The summed E-state index contributed by atoms with van der Waals surface area (Å²) >= 11 is 0. The van der Waals surface area contributed by atoms with Gasteiger partial charge in [0.25, 0.3) is 0 Å². The van der Waals surface area contributed by atoms with Gasteiger partial charge >= 0.3 is 0 Å². The fourth-order valence-electron chi connectivity index (χ4n) is 1.85. The summed E-state index contributed by atoms with van der Waals surface area (Å²) in [7, 11) is 0. The van der Waals surface area contributed by atoms with Crippen LogP contribution in [0.5, 0.6) is 0 Å². The number of hydrogen-bond acceptors (Lipinski definition) is 2. The predicted molar refractivity (Wildman–Crippen MR) is 46.7 cm³/mol. The molecular formula is C9H15N3. The zero-order chi connectivity index (χ0) is 8.55. The summed E-state index contributed by atoms with van der Waals surface area (Å²) in [6, 6.07) is 0. The van der Waals surface area contributed by atoms with Gasteiger partial charge in [0.1, 0.15) is 0 Å². The Bertz CT molecular complexity index is 234. The molecule has 0 aliphatic heterocycles. The lowest BCUT2D eigenvalue weighted by Crippen LogP contribution is -2.26. The van der Waals surface area contributed by atoms with E-state index in [1.165, 1.54) is 12.8 Å². The Labute approximate surface area is 72.6 Å². The third kappa shape index (κ3) is 1.24. The van der Waals surface area contributed by atoms with Crippen LogP contribution in [0.4, 0.5) is 0 Å². The van der Waals surface area contributed by atoms with E-state index in [4.69, 9.17) is 0 Å². The molecule has 0 saturated heterocycles. The average Bonchev–Trinajstić information content (AvgIpc) is 2.34. The van der Waals surface area contributed by atoms with Crippen LogP contribution < -0.4 is 0 Å². The van der Waals surface area contributed by atoms with Gasteiger partial charge in [-0.1, -0.05) is 13.8 Å². The largest absolute Gasteiger partial charge is 0.198 e. The molecule has 1 N–H and O–H groups in total. The summed E-state index contributed by atoms with van der Waals surface area (Å²) in [6.07, 6.45) is 4.44. The van der Waals surface area contributed by atoms with E-state index < -0.39 is 0 Å². The lowest BCUT2D eigenvalue weighted by molar-refractivity contribution is 0.193. The molecule has 12 heavy (non-hydrogen) atoms. The van der Waals surface area contributed by atoms with Crippen LogP contribution in [0.2, 0.25) is 0 Å². The van der Waals surface area contributed by atoms with Gasteiger partial charge in [-0.15, -0.1) is 0 Å². The molecule has 1 aliphatic rings. The molecule has 0 amide bonds. The Balaban J connectivity index is 1.90. The molecule has 0 bridgehead atoms. The highest BCUT2D eigenvalue weighted by molar-refractivity contribution is 5.07. The molecule has 1 aliphatic carbocycles. The number of nitrogens with one attached hydrogen (secondary N) is 1. The average molecular weight is 165 g/mol. The van der Waals surface area contributed by atoms with E-state index in [2.05, 4.69) is 29.3 Å². The van der Waals surface area contributed by atoms with Crippen LogP contribution in [-0.2, 0) is 0 Å². The number of nitrogens with zero attached hydrogens (tertiary/aromatic N) is 2. The fourth-order valence-corrected chi connectivity index (χ4v) is 1.85. The Morgan fingerprint density at radius 2 is 2.25 bits per heavy atom. The van der Waals surface area contributed by atoms with Crippen LogP contribution >= 0.6 is 0 Å². The van der Waals surface area contributed by atoms with Crippen LogP contribution in [0, 0.1) is 11.8 Å². The second-order valence-corrected chi connectivity index (χ2v) is 4.07. The standard InChI is InChI=1S/C9H15N3/c1-6(2)7-3-8(4-7)9-5-10-12-11-9/h5-8H,3-4H2,1-2H3,(H,10,11,12). The molecule has 3 nitrogen and oxygen atoms in total. The van der Waals surface area contributed by atoms with Crippen molar-refractivity contribution in [3.05, 3.63) is 11.9 Å². The number of aromatic nitrogens is 3. The van der Waals surface area contributed by atoms with E-state index in [1.807, 2.05) is 6.20 Å². The van der Waals surface area contributed by atoms with Gasteiger partial charge in [0, 0.05) is 5.92 Å². The maximum absolute atomic E-state index is 4.10. The topological polar surface area (TPSA) is 41.6 Å². The van der Waals surface area contributed by atoms with Crippen LogP contribution in [0.3, 0.4) is 0 Å². The number of hydrogen-bond donors (Lipinski definition) is 1. The highest BCUT2D eigenvalue weighted by atomic mass is 15.3. The van der Waals surface area contributed by atoms with Crippen molar-refractivity contribution >= 4 is 0 Å². The summed E-state index contributed by atoms with van der Waals surface area (Å²) in [5, 5.41) is 10.6. The molecule has 3 heteroatoms. The monoisotopic (exact) mass is 165 g/mol. The summed E-state index contributed by atoms with van der Waals surface area (Å²) in [4.78, 5) is 0. The zero-order valence-electron chi connectivity index (χ0n) is 7.62. The Morgan fingerprint density at radius 3 is 2.75 bits per heavy atom. The van der Waals surface area contributed by atoms with Gasteiger partial charge in [-0.05, 0) is 24.7 Å². The molecule has 0 radical (unpaired) electrons. The number of H-pyrrole nitrogens is 1. The van der Waals surface area contributed by atoms with Crippen molar-refractivity contribution < 1.29 is 0 Å². The van der Waals surface area contributed by atoms with Gasteiger partial charge in [-0.25, -0.2) is 0 Å². The Kier molecular flexibility index (Phi) is 1.87. The van der Waals surface area contributed by atoms with Crippen molar-refractivity contribution in [2.75, 3.05) is 0 Å². The Morgan fingerprint density at radius 1 is 1.50 bits per heavy atom. The molecule has 0 atom stereocenters. The van der Waals surface area contributed by atoms with Gasteiger partial charge in [-0.3, -0.25) is 0 Å². The van der Waals surface area contributed by atoms with Crippen LogP contribution in [-0.4, -0.2) is 15.4 Å². The lowest BCUT2D eigenvalue weighted by atomic mass is 9.68. The zero-order valence-corrected chi connectivity index (χ0v) is 7.62. The first-order valence-electron chi connectivity index (χ1n) is 4.63. The minimum atomic E-state index is 0.677. The predicted octanol–water partition coefficient (Wildman–Crippen LogP) is 1.95. The minimum absolute atomic E-state index is 0.677. The molecular weight excluding hydrogens is 150 g/mol. The summed E-state index contributed by atoms with van der Waals surface area (Å²) in [6.45, 7) is 4.59. The number of aromatic amines is 1. The van der Waals surface area contributed by atoms with E-state index in [9.17, 15) is 0 Å². The third-order valence-electron chi connectivity index (χ3n) is 2.97. The fraction of sp³-hybridized carbons (Fsp3) is 0.778. The van der Waals surface area contributed by atoms with E-state index in [-0.39, 0.29) is 0 Å². The molecule has 0 unspecified atom stereocenters. The van der Waals surface area contributed by atoms with Crippen molar-refractivity contribution in [1.29, 1.82) is 0 Å². The molecule has 1 fully saturated rings. The molecule has 0 spiro atoms. The lowest BCUT2D eigenvalue weighted by Gasteiger charge is -2.36. The maximum Gasteiger partial charge on any atom is 0.0855 e. The van der Waals surface area contributed by atoms with E-state index in [0.717, 1.165) is 17.5 Å². The van der Waals surface area contributed by atoms with E-state index >= 15 is 0 Å². The van der Waals surface area contributed by atoms with Crippen molar-refractivity contribution in [2.24, 2.45) is 11.8 Å². The van der Waals surface area contributed by atoms with Crippen LogP contribution in [0.25, 0.3) is 0 Å². The van der Waals surface area contributed by atoms with Crippen molar-refractivity contribution in [1.82, 2.24) is 15.4 Å². The quantitative estimate of drug-likeness (QED) is 0.727. The first kappa shape index (κ1) is 7.77. The van der Waals surface area contributed by atoms with E-state index in [0.29, 0.717) is 5.92 Å². The number of rotatable bonds is 2. The highest BCUT2D eigenvalue weighted by Gasteiger charge is 2.33. The highest BCUT2D eigenvalue weighted by Crippen LogP contribution is 2.44. The molecule has 1 aromatic rings. The summed E-state index contributed by atoms with van der Waals surface area (Å²) in [5.41, 5.74) is 1.15. The van der Waals surface area contributed by atoms with Gasteiger partial charge in [-0.2, -0.15) is 15.4 Å². The Hall–Kier alpha value is -0.860. The first-order chi connectivity index (χ1) is 5.77. The van der Waals surface area contributed by atoms with Gasteiger partial charge in [0.15, 0.2) is 0 Å². The SMILES string of the molecule is CC(C)C1CC(c2cn[nH]n2)C1. The third-order valence-corrected chi connectivity index (χ3v) is 2.97. The van der Waals surface area contributed by atoms with Gasteiger partial charge in [0.05, 0.1) is 11.9 Å². The summed E-state index contributed by atoms with van der Waals surface area (Å²) in [5.74, 6) is 2.41. The second-order valence-electron chi connectivity index (χ2n) is 4.07. The normalized spacial score (nSPS) is 28.9.